The van der Waals surface area contributed by atoms with Gasteiger partial charge in [-0.1, -0.05) is 20.3 Å². The van der Waals surface area contributed by atoms with Crippen LogP contribution in [0.25, 0.3) is 0 Å². The molecule has 0 aromatic rings. The van der Waals surface area contributed by atoms with Crippen LogP contribution in [0.5, 0.6) is 0 Å². The molecular formula is C14H22O. The average molecular weight is 206 g/mol. The van der Waals surface area contributed by atoms with Gasteiger partial charge in [0.2, 0.25) is 0 Å². The van der Waals surface area contributed by atoms with Gasteiger partial charge in [0, 0.05) is 11.8 Å². The molecule has 0 aromatic heterocycles. The molecule has 1 unspecified atom stereocenters. The Labute approximate surface area is 92.6 Å². The summed E-state index contributed by atoms with van der Waals surface area (Å²) in [5, 5.41) is 0. The second kappa shape index (κ2) is 2.87. The summed E-state index contributed by atoms with van der Waals surface area (Å²) in [7, 11) is 0. The fourth-order valence-corrected chi connectivity index (χ4v) is 4.95. The van der Waals surface area contributed by atoms with Gasteiger partial charge in [0.25, 0.3) is 0 Å². The van der Waals surface area contributed by atoms with Crippen LogP contribution >= 0.6 is 0 Å². The molecule has 3 aliphatic carbocycles. The van der Waals surface area contributed by atoms with Gasteiger partial charge in [0.1, 0.15) is 5.78 Å². The Balaban J connectivity index is 1.98. The van der Waals surface area contributed by atoms with Gasteiger partial charge in [-0.05, 0) is 49.4 Å². The molecule has 4 atom stereocenters. The molecule has 1 nitrogen and oxygen atoms in total. The normalized spacial score (nSPS) is 54.1. The minimum Gasteiger partial charge on any atom is -0.299 e. The van der Waals surface area contributed by atoms with Gasteiger partial charge in [-0.15, -0.1) is 0 Å². The number of fused-ring (bicyclic) bond motifs is 1. The molecule has 3 fully saturated rings. The Morgan fingerprint density at radius 3 is 2.93 bits per heavy atom. The summed E-state index contributed by atoms with van der Waals surface area (Å²) in [5.41, 5.74) is 0.669. The van der Waals surface area contributed by atoms with E-state index in [9.17, 15) is 4.79 Å². The fraction of sp³-hybridized carbons (Fsp3) is 0.929. The highest BCUT2D eigenvalue weighted by molar-refractivity contribution is 5.86. The molecule has 3 aliphatic rings. The van der Waals surface area contributed by atoms with Crippen molar-refractivity contribution in [1.29, 1.82) is 0 Å². The van der Waals surface area contributed by atoms with E-state index in [0.717, 1.165) is 12.3 Å². The van der Waals surface area contributed by atoms with E-state index in [2.05, 4.69) is 13.8 Å². The monoisotopic (exact) mass is 206 g/mol. The van der Waals surface area contributed by atoms with Gasteiger partial charge >= 0.3 is 0 Å². The van der Waals surface area contributed by atoms with E-state index in [1.807, 2.05) is 0 Å². The van der Waals surface area contributed by atoms with Crippen molar-refractivity contribution in [3.8, 4) is 0 Å². The molecule has 1 spiro atoms. The summed E-state index contributed by atoms with van der Waals surface area (Å²) in [5.74, 6) is 2.01. The molecule has 84 valence electrons. The lowest BCUT2D eigenvalue weighted by Gasteiger charge is -2.42. The molecule has 15 heavy (non-hydrogen) atoms. The maximum atomic E-state index is 12.4. The van der Waals surface area contributed by atoms with Gasteiger partial charge in [-0.3, -0.25) is 4.79 Å². The molecule has 0 saturated heterocycles. The van der Waals surface area contributed by atoms with Crippen molar-refractivity contribution in [2.45, 2.75) is 58.8 Å². The van der Waals surface area contributed by atoms with Crippen LogP contribution in [0.15, 0.2) is 0 Å². The predicted octanol–water partition coefficient (Wildman–Crippen LogP) is 3.57. The summed E-state index contributed by atoms with van der Waals surface area (Å²) in [6.07, 6.45) is 8.62. The Bertz CT molecular complexity index is 308. The number of hydrogen-bond acceptors (Lipinski definition) is 1. The maximum Gasteiger partial charge on any atom is 0.139 e. The van der Waals surface area contributed by atoms with Gasteiger partial charge in [-0.2, -0.15) is 0 Å². The second-order valence-electron chi connectivity index (χ2n) is 6.87. The van der Waals surface area contributed by atoms with Gasteiger partial charge in [0.15, 0.2) is 0 Å². The SMILES string of the molecule is CC1CC(=O)[C@]23CCC[C@](C)(C[C@H]2C1)C3. The van der Waals surface area contributed by atoms with E-state index in [4.69, 9.17) is 0 Å². The lowest BCUT2D eigenvalue weighted by atomic mass is 9.60. The third-order valence-electron chi connectivity index (χ3n) is 5.44. The number of rotatable bonds is 0. The summed E-state index contributed by atoms with van der Waals surface area (Å²) >= 11 is 0. The van der Waals surface area contributed by atoms with E-state index in [1.165, 1.54) is 38.5 Å². The van der Waals surface area contributed by atoms with Crippen LogP contribution in [0.4, 0.5) is 0 Å². The first kappa shape index (κ1) is 9.86. The van der Waals surface area contributed by atoms with Crippen molar-refractivity contribution in [3.05, 3.63) is 0 Å². The van der Waals surface area contributed by atoms with Crippen molar-refractivity contribution >= 4 is 5.78 Å². The van der Waals surface area contributed by atoms with Gasteiger partial charge < -0.3 is 0 Å². The molecule has 0 aliphatic heterocycles. The summed E-state index contributed by atoms with van der Waals surface area (Å²) in [6.45, 7) is 4.68. The molecule has 0 aromatic carbocycles. The van der Waals surface area contributed by atoms with Crippen molar-refractivity contribution in [2.75, 3.05) is 0 Å². The third-order valence-corrected chi connectivity index (χ3v) is 5.44. The molecule has 2 bridgehead atoms. The average Bonchev–Trinajstić information content (AvgIpc) is 2.33. The van der Waals surface area contributed by atoms with Crippen LogP contribution in [-0.4, -0.2) is 5.78 Å². The zero-order chi connectivity index (χ0) is 10.7. The molecule has 3 rings (SSSR count). The molecule has 0 heterocycles. The highest BCUT2D eigenvalue weighted by Gasteiger charge is 2.59. The molecule has 1 heteroatoms. The zero-order valence-electron chi connectivity index (χ0n) is 10.0. The summed E-state index contributed by atoms with van der Waals surface area (Å²) < 4.78 is 0. The number of Topliss-reactive ketones (excluding diaryl/α,β-unsaturated/α-hetero) is 1. The first-order valence-electron chi connectivity index (χ1n) is 6.57. The minimum atomic E-state index is 0.152. The number of ketones is 1. The van der Waals surface area contributed by atoms with Crippen LogP contribution < -0.4 is 0 Å². The van der Waals surface area contributed by atoms with E-state index in [0.29, 0.717) is 17.1 Å². The maximum absolute atomic E-state index is 12.4. The topological polar surface area (TPSA) is 17.1 Å². The van der Waals surface area contributed by atoms with Crippen LogP contribution in [0.3, 0.4) is 0 Å². The van der Waals surface area contributed by atoms with Crippen molar-refractivity contribution in [1.82, 2.24) is 0 Å². The van der Waals surface area contributed by atoms with Crippen LogP contribution in [0.2, 0.25) is 0 Å². The van der Waals surface area contributed by atoms with Crippen LogP contribution in [0.1, 0.15) is 58.8 Å². The number of carbonyl (C=O) groups is 1. The van der Waals surface area contributed by atoms with E-state index < -0.39 is 0 Å². The molecule has 0 amide bonds. The Hall–Kier alpha value is -0.330. The Kier molecular flexibility index (Phi) is 1.88. The zero-order valence-corrected chi connectivity index (χ0v) is 10.0. The van der Waals surface area contributed by atoms with Crippen LogP contribution in [-0.2, 0) is 4.79 Å². The molecular weight excluding hydrogens is 184 g/mol. The Morgan fingerprint density at radius 2 is 2.13 bits per heavy atom. The molecule has 3 saturated carbocycles. The highest BCUT2D eigenvalue weighted by atomic mass is 16.1. The minimum absolute atomic E-state index is 0.152. The molecule has 0 radical (unpaired) electrons. The number of carbonyl (C=O) groups excluding carboxylic acids is 1. The predicted molar refractivity (Wildman–Crippen MR) is 60.5 cm³/mol. The van der Waals surface area contributed by atoms with Gasteiger partial charge in [0.05, 0.1) is 0 Å². The summed E-state index contributed by atoms with van der Waals surface area (Å²) in [6, 6.07) is 0. The first-order chi connectivity index (χ1) is 7.04. The second-order valence-corrected chi connectivity index (χ2v) is 6.87. The number of hydrogen-bond donors (Lipinski definition) is 0. The first-order valence-corrected chi connectivity index (χ1v) is 6.57. The van der Waals surface area contributed by atoms with E-state index in [1.54, 1.807) is 0 Å². The van der Waals surface area contributed by atoms with Crippen molar-refractivity contribution in [2.24, 2.45) is 22.7 Å². The largest absolute Gasteiger partial charge is 0.299 e. The smallest absolute Gasteiger partial charge is 0.139 e. The highest BCUT2D eigenvalue weighted by Crippen LogP contribution is 2.65. The lowest BCUT2D eigenvalue weighted by molar-refractivity contribution is -0.137. The quantitative estimate of drug-likeness (QED) is 0.592. The summed E-state index contributed by atoms with van der Waals surface area (Å²) in [4.78, 5) is 12.4. The lowest BCUT2D eigenvalue weighted by Crippen LogP contribution is -2.42. The van der Waals surface area contributed by atoms with Crippen molar-refractivity contribution < 1.29 is 4.79 Å². The van der Waals surface area contributed by atoms with Gasteiger partial charge in [-0.25, -0.2) is 0 Å². The standard InChI is InChI=1S/C14H22O/c1-10-6-11-8-13(2)4-3-5-14(11,9-13)12(15)7-10/h10-11H,3-9H2,1-2H3/t10?,11-,13-,14+/m1/s1. The van der Waals surface area contributed by atoms with Crippen LogP contribution in [0, 0.1) is 22.7 Å². The van der Waals surface area contributed by atoms with E-state index >= 15 is 0 Å². The fourth-order valence-electron chi connectivity index (χ4n) is 4.95. The third kappa shape index (κ3) is 1.24. The van der Waals surface area contributed by atoms with E-state index in [-0.39, 0.29) is 5.41 Å². The Morgan fingerprint density at radius 1 is 1.33 bits per heavy atom. The van der Waals surface area contributed by atoms with Crippen molar-refractivity contribution in [3.63, 3.8) is 0 Å². The molecule has 0 N–H and O–H groups in total.